The number of nitrogens with one attached hydrogen (secondary N) is 1. The van der Waals surface area contributed by atoms with Crippen molar-refractivity contribution >= 4 is 29.1 Å². The van der Waals surface area contributed by atoms with Gasteiger partial charge in [0.1, 0.15) is 11.6 Å². The average Bonchev–Trinajstić information content (AvgIpc) is 2.82. The molecule has 8 heteroatoms. The fourth-order valence-electron chi connectivity index (χ4n) is 5.52. The summed E-state index contributed by atoms with van der Waals surface area (Å²) in [6.45, 7) is 4.24. The van der Waals surface area contributed by atoms with Gasteiger partial charge in [-0.2, -0.15) is 0 Å². The molecule has 2 heterocycles. The van der Waals surface area contributed by atoms with Gasteiger partial charge >= 0.3 is 0 Å². The Balaban J connectivity index is 1.46. The zero-order valence-corrected chi connectivity index (χ0v) is 21.6. The van der Waals surface area contributed by atoms with Gasteiger partial charge in [-0.05, 0) is 66.6 Å². The molecule has 1 N–H and O–H groups in total. The van der Waals surface area contributed by atoms with Crippen molar-refractivity contribution in [2.75, 3.05) is 46.5 Å². The Morgan fingerprint density at radius 3 is 2.57 bits per heavy atom. The first-order chi connectivity index (χ1) is 16.9. The van der Waals surface area contributed by atoms with Crippen molar-refractivity contribution in [2.45, 2.75) is 38.0 Å². The minimum atomic E-state index is -0.296. The van der Waals surface area contributed by atoms with Gasteiger partial charge in [0.15, 0.2) is 0 Å². The molecule has 0 aromatic heterocycles. The lowest BCUT2D eigenvalue weighted by Gasteiger charge is -2.50. The van der Waals surface area contributed by atoms with Gasteiger partial charge in [-0.15, -0.1) is 0 Å². The summed E-state index contributed by atoms with van der Waals surface area (Å²) in [4.78, 5) is 15.0. The van der Waals surface area contributed by atoms with Gasteiger partial charge in [0.2, 0.25) is 5.91 Å². The number of carbonyl (C=O) groups excluding carboxylic acids is 1. The fourth-order valence-corrected chi connectivity index (χ4v) is 6.09. The van der Waals surface area contributed by atoms with Gasteiger partial charge in [-0.3, -0.25) is 4.79 Å². The van der Waals surface area contributed by atoms with Crippen LogP contribution in [0.4, 0.5) is 4.39 Å². The van der Waals surface area contributed by atoms with Crippen molar-refractivity contribution in [2.24, 2.45) is 5.41 Å². The maximum Gasteiger partial charge on any atom is 0.226 e. The molecule has 1 amide bonds. The van der Waals surface area contributed by atoms with Crippen LogP contribution in [0.3, 0.4) is 0 Å². The molecule has 5 nitrogen and oxygen atoms in total. The maximum absolute atomic E-state index is 14.1. The zero-order chi connectivity index (χ0) is 24.8. The minimum Gasteiger partial charge on any atom is -0.493 e. The maximum atomic E-state index is 14.1. The van der Waals surface area contributed by atoms with Gasteiger partial charge in [-0.25, -0.2) is 4.39 Å². The Labute approximate surface area is 216 Å². The Morgan fingerprint density at radius 1 is 1.11 bits per heavy atom. The monoisotopic (exact) mass is 522 g/mol. The van der Waals surface area contributed by atoms with Crippen LogP contribution >= 0.6 is 23.2 Å². The van der Waals surface area contributed by atoms with Crippen LogP contribution in [0.25, 0.3) is 0 Å². The van der Waals surface area contributed by atoms with E-state index in [4.69, 9.17) is 32.7 Å². The lowest BCUT2D eigenvalue weighted by molar-refractivity contribution is -0.133. The Kier molecular flexibility index (Phi) is 8.92. The summed E-state index contributed by atoms with van der Waals surface area (Å²) in [5.74, 6) is 0.603. The highest BCUT2D eigenvalue weighted by Gasteiger charge is 2.45. The third-order valence-corrected chi connectivity index (χ3v) is 7.81. The number of carbonyl (C=O) groups is 1. The smallest absolute Gasteiger partial charge is 0.226 e. The van der Waals surface area contributed by atoms with E-state index in [0.717, 1.165) is 49.9 Å². The topological polar surface area (TPSA) is 50.8 Å². The number of benzene rings is 2. The quantitative estimate of drug-likeness (QED) is 0.466. The van der Waals surface area contributed by atoms with Gasteiger partial charge in [0, 0.05) is 61.8 Å². The van der Waals surface area contributed by atoms with Crippen LogP contribution in [0.5, 0.6) is 5.75 Å². The van der Waals surface area contributed by atoms with Gasteiger partial charge in [0.25, 0.3) is 0 Å². The van der Waals surface area contributed by atoms with Crippen LogP contribution in [0, 0.1) is 11.2 Å². The molecule has 0 radical (unpaired) electrons. The molecule has 1 spiro atoms. The molecule has 190 valence electrons. The number of methoxy groups -OCH3 is 1. The Hall–Kier alpha value is -1.86. The third-order valence-electron chi connectivity index (χ3n) is 7.38. The van der Waals surface area contributed by atoms with E-state index in [2.05, 4.69) is 5.32 Å². The zero-order valence-electron chi connectivity index (χ0n) is 20.1. The molecule has 2 aromatic rings. The normalized spacial score (nSPS) is 19.7. The van der Waals surface area contributed by atoms with E-state index in [1.807, 2.05) is 11.0 Å². The molecule has 0 unspecified atom stereocenters. The summed E-state index contributed by atoms with van der Waals surface area (Å²) >= 11 is 12.2. The summed E-state index contributed by atoms with van der Waals surface area (Å²) in [5.41, 5.74) is 1.92. The number of hydrogen-bond donors (Lipinski definition) is 1. The summed E-state index contributed by atoms with van der Waals surface area (Å²) in [5, 5.41) is 4.60. The van der Waals surface area contributed by atoms with Crippen molar-refractivity contribution in [3.63, 3.8) is 0 Å². The second-order valence-corrected chi connectivity index (χ2v) is 10.5. The number of piperidine rings is 2. The molecule has 2 saturated heterocycles. The van der Waals surface area contributed by atoms with Crippen molar-refractivity contribution in [3.8, 4) is 5.75 Å². The van der Waals surface area contributed by atoms with E-state index in [9.17, 15) is 9.18 Å². The highest BCUT2D eigenvalue weighted by Crippen LogP contribution is 2.50. The van der Waals surface area contributed by atoms with Crippen LogP contribution in [-0.2, 0) is 16.0 Å². The van der Waals surface area contributed by atoms with Gasteiger partial charge < -0.3 is 19.7 Å². The Morgan fingerprint density at radius 2 is 1.86 bits per heavy atom. The van der Waals surface area contributed by atoms with Crippen molar-refractivity contribution in [1.82, 2.24) is 10.2 Å². The molecule has 1 atom stereocenters. The predicted octanol–water partition coefficient (Wildman–Crippen LogP) is 5.48. The number of amides is 1. The fraction of sp³-hybridized carbons (Fsp3) is 0.519. The molecule has 4 rings (SSSR count). The standard InChI is InChI=1S/C27H33Cl2FN2O3/c1-34-11-2-12-35-25-17-22(30)3-4-23(25)24-18-31-8-5-27(24)6-9-32(10-7-27)26(33)15-19-13-20(28)16-21(29)14-19/h3-4,13-14,16-17,24,31H,2,5-12,15,18H2,1H3/t24-/m0/s1. The van der Waals surface area contributed by atoms with E-state index >= 15 is 0 Å². The van der Waals surface area contributed by atoms with Crippen molar-refractivity contribution in [3.05, 3.63) is 63.4 Å². The molecular formula is C27H33Cl2FN2O3. The van der Waals surface area contributed by atoms with Crippen molar-refractivity contribution < 1.29 is 18.7 Å². The number of nitrogens with zero attached hydrogens (tertiary/aromatic N) is 1. The van der Waals surface area contributed by atoms with E-state index < -0.39 is 0 Å². The molecule has 0 saturated carbocycles. The molecule has 35 heavy (non-hydrogen) atoms. The van der Waals surface area contributed by atoms with Crippen LogP contribution in [-0.4, -0.2) is 57.3 Å². The number of halogens is 3. The van der Waals surface area contributed by atoms with Crippen LogP contribution in [0.1, 0.15) is 42.7 Å². The SMILES string of the molecule is COCCCOc1cc(F)ccc1[C@@H]1CNCCC12CCN(C(=O)Cc1cc(Cl)cc(Cl)c1)CC2. The molecule has 0 bridgehead atoms. The van der Waals surface area contributed by atoms with Crippen LogP contribution in [0.2, 0.25) is 10.0 Å². The lowest BCUT2D eigenvalue weighted by Crippen LogP contribution is -2.51. The second kappa shape index (κ2) is 11.9. The summed E-state index contributed by atoms with van der Waals surface area (Å²) in [6, 6.07) is 10.2. The summed E-state index contributed by atoms with van der Waals surface area (Å²) in [7, 11) is 1.66. The predicted molar refractivity (Wildman–Crippen MR) is 137 cm³/mol. The molecule has 0 aliphatic carbocycles. The van der Waals surface area contributed by atoms with E-state index in [-0.39, 0.29) is 29.5 Å². The number of ether oxygens (including phenoxy) is 2. The van der Waals surface area contributed by atoms with Crippen LogP contribution in [0.15, 0.2) is 36.4 Å². The highest BCUT2D eigenvalue weighted by atomic mass is 35.5. The van der Waals surface area contributed by atoms with E-state index in [0.29, 0.717) is 42.1 Å². The third kappa shape index (κ3) is 6.48. The lowest BCUT2D eigenvalue weighted by atomic mass is 9.62. The van der Waals surface area contributed by atoms with Gasteiger partial charge in [0.05, 0.1) is 13.0 Å². The first-order valence-electron chi connectivity index (χ1n) is 12.2. The summed E-state index contributed by atoms with van der Waals surface area (Å²) in [6.07, 6.45) is 3.86. The first-order valence-corrected chi connectivity index (χ1v) is 13.0. The van der Waals surface area contributed by atoms with E-state index in [1.54, 1.807) is 25.3 Å². The van der Waals surface area contributed by atoms with E-state index in [1.165, 1.54) is 12.1 Å². The van der Waals surface area contributed by atoms with Gasteiger partial charge in [-0.1, -0.05) is 29.3 Å². The van der Waals surface area contributed by atoms with Crippen LogP contribution < -0.4 is 10.1 Å². The number of hydrogen-bond acceptors (Lipinski definition) is 4. The average molecular weight is 523 g/mol. The number of rotatable bonds is 8. The largest absolute Gasteiger partial charge is 0.493 e. The molecular weight excluding hydrogens is 490 g/mol. The second-order valence-electron chi connectivity index (χ2n) is 9.58. The first kappa shape index (κ1) is 26.2. The molecule has 2 aliphatic rings. The molecule has 2 fully saturated rings. The number of likely N-dealkylation sites (tertiary alicyclic amines) is 1. The Bertz CT molecular complexity index is 1010. The molecule has 2 aliphatic heterocycles. The minimum absolute atomic E-state index is 0.0455. The molecule has 2 aromatic carbocycles. The highest BCUT2D eigenvalue weighted by molar-refractivity contribution is 6.34. The van der Waals surface area contributed by atoms with Crippen molar-refractivity contribution in [1.29, 1.82) is 0 Å². The summed E-state index contributed by atoms with van der Waals surface area (Å²) < 4.78 is 25.2.